The Morgan fingerprint density at radius 2 is 2.15 bits per heavy atom. The SMILES string of the molecule is Cc1nc(N2CCCC(c3nncn3C)C2)c2c(-c3cccs3)csc2n1. The molecule has 5 rings (SSSR count). The van der Waals surface area contributed by atoms with E-state index in [9.17, 15) is 0 Å². The average molecular weight is 397 g/mol. The van der Waals surface area contributed by atoms with Gasteiger partial charge in [-0.05, 0) is 31.2 Å². The summed E-state index contributed by atoms with van der Waals surface area (Å²) in [5, 5.41) is 14.0. The number of hydrogen-bond acceptors (Lipinski definition) is 7. The molecule has 1 aliphatic rings. The van der Waals surface area contributed by atoms with Crippen LogP contribution in [-0.4, -0.2) is 37.8 Å². The van der Waals surface area contributed by atoms with Crippen LogP contribution in [0.25, 0.3) is 20.7 Å². The van der Waals surface area contributed by atoms with E-state index in [4.69, 9.17) is 9.97 Å². The van der Waals surface area contributed by atoms with Crippen molar-refractivity contribution in [3.8, 4) is 10.4 Å². The number of anilines is 1. The summed E-state index contributed by atoms with van der Waals surface area (Å²) >= 11 is 3.47. The molecule has 1 saturated heterocycles. The summed E-state index contributed by atoms with van der Waals surface area (Å²) in [5.74, 6) is 3.33. The maximum atomic E-state index is 4.89. The molecule has 1 atom stereocenters. The minimum atomic E-state index is 0.375. The highest BCUT2D eigenvalue weighted by molar-refractivity contribution is 7.18. The summed E-state index contributed by atoms with van der Waals surface area (Å²) in [6.07, 6.45) is 4.05. The zero-order valence-corrected chi connectivity index (χ0v) is 16.9. The third kappa shape index (κ3) is 2.93. The molecule has 1 aliphatic heterocycles. The second-order valence-corrected chi connectivity index (χ2v) is 8.79. The standard InChI is InChI=1S/C19H20N6S2/c1-12-21-18(16-14(10-27-19(16)22-12)15-6-4-8-26-15)25-7-3-5-13(9-25)17-23-20-11-24(17)2/h4,6,8,10-11,13H,3,5,7,9H2,1-2H3. The van der Waals surface area contributed by atoms with Crippen molar-refractivity contribution in [2.24, 2.45) is 7.05 Å². The summed E-state index contributed by atoms with van der Waals surface area (Å²) < 4.78 is 2.04. The predicted molar refractivity (Wildman–Crippen MR) is 111 cm³/mol. The quantitative estimate of drug-likeness (QED) is 0.518. The van der Waals surface area contributed by atoms with Gasteiger partial charge >= 0.3 is 0 Å². The topological polar surface area (TPSA) is 59.7 Å². The molecular formula is C19H20N6S2. The third-order valence-corrected chi connectivity index (χ3v) is 6.92. The molecule has 0 radical (unpaired) electrons. The highest BCUT2D eigenvalue weighted by atomic mass is 32.1. The number of aryl methyl sites for hydroxylation is 2. The number of rotatable bonds is 3. The van der Waals surface area contributed by atoms with Gasteiger partial charge in [-0.25, -0.2) is 9.97 Å². The minimum absolute atomic E-state index is 0.375. The van der Waals surface area contributed by atoms with Gasteiger partial charge in [0.25, 0.3) is 0 Å². The van der Waals surface area contributed by atoms with E-state index < -0.39 is 0 Å². The van der Waals surface area contributed by atoms with Gasteiger partial charge in [0.2, 0.25) is 0 Å². The lowest BCUT2D eigenvalue weighted by molar-refractivity contribution is 0.478. The van der Waals surface area contributed by atoms with Gasteiger partial charge in [0.15, 0.2) is 0 Å². The van der Waals surface area contributed by atoms with Crippen LogP contribution in [0, 0.1) is 6.92 Å². The van der Waals surface area contributed by atoms with Gasteiger partial charge in [-0.15, -0.1) is 32.9 Å². The van der Waals surface area contributed by atoms with E-state index in [0.717, 1.165) is 48.2 Å². The van der Waals surface area contributed by atoms with Crippen molar-refractivity contribution in [2.45, 2.75) is 25.7 Å². The van der Waals surface area contributed by atoms with Crippen molar-refractivity contribution in [1.29, 1.82) is 0 Å². The molecule has 0 aliphatic carbocycles. The van der Waals surface area contributed by atoms with Crippen LogP contribution in [0.3, 0.4) is 0 Å². The fraction of sp³-hybridized carbons (Fsp3) is 0.368. The predicted octanol–water partition coefficient (Wildman–Crippen LogP) is 4.24. The molecule has 4 aromatic heterocycles. The molecular weight excluding hydrogens is 376 g/mol. The number of piperidine rings is 1. The van der Waals surface area contributed by atoms with Gasteiger partial charge in [-0.3, -0.25) is 0 Å². The van der Waals surface area contributed by atoms with Crippen LogP contribution in [0.1, 0.15) is 30.4 Å². The highest BCUT2D eigenvalue weighted by Gasteiger charge is 2.28. The molecule has 1 unspecified atom stereocenters. The molecule has 0 spiro atoms. The van der Waals surface area contributed by atoms with E-state index in [-0.39, 0.29) is 0 Å². The zero-order chi connectivity index (χ0) is 18.4. The number of fused-ring (bicyclic) bond motifs is 1. The van der Waals surface area contributed by atoms with Crippen molar-refractivity contribution < 1.29 is 0 Å². The molecule has 5 heterocycles. The lowest BCUT2D eigenvalue weighted by Gasteiger charge is -2.33. The van der Waals surface area contributed by atoms with Gasteiger partial charge in [0.05, 0.1) is 5.39 Å². The largest absolute Gasteiger partial charge is 0.355 e. The third-order valence-electron chi connectivity index (χ3n) is 5.15. The van der Waals surface area contributed by atoms with Crippen LogP contribution in [-0.2, 0) is 7.05 Å². The number of hydrogen-bond donors (Lipinski definition) is 0. The van der Waals surface area contributed by atoms with Gasteiger partial charge in [0, 0.05) is 41.9 Å². The second-order valence-electron chi connectivity index (χ2n) is 6.99. The monoisotopic (exact) mass is 396 g/mol. The maximum Gasteiger partial charge on any atom is 0.141 e. The summed E-state index contributed by atoms with van der Waals surface area (Å²) in [6, 6.07) is 4.28. The fourth-order valence-electron chi connectivity index (χ4n) is 3.91. The van der Waals surface area contributed by atoms with Crippen LogP contribution >= 0.6 is 22.7 Å². The Labute approximate surface area is 165 Å². The number of thiophene rings is 2. The molecule has 6 nitrogen and oxygen atoms in total. The first-order valence-corrected chi connectivity index (χ1v) is 10.8. The Balaban J connectivity index is 1.59. The fourth-order valence-corrected chi connectivity index (χ4v) is 5.71. The molecule has 0 bridgehead atoms. The normalized spacial score (nSPS) is 17.7. The van der Waals surface area contributed by atoms with Crippen LogP contribution in [0.15, 0.2) is 29.2 Å². The Morgan fingerprint density at radius 1 is 1.22 bits per heavy atom. The Hall–Kier alpha value is -2.32. The summed E-state index contributed by atoms with van der Waals surface area (Å²) in [4.78, 5) is 14.4. The first-order chi connectivity index (χ1) is 13.2. The first-order valence-electron chi connectivity index (χ1n) is 9.09. The van der Waals surface area contributed by atoms with Crippen LogP contribution < -0.4 is 4.90 Å². The van der Waals surface area contributed by atoms with Gasteiger partial charge in [-0.2, -0.15) is 0 Å². The van der Waals surface area contributed by atoms with Gasteiger partial charge in [-0.1, -0.05) is 6.07 Å². The van der Waals surface area contributed by atoms with Crippen molar-refractivity contribution >= 4 is 38.7 Å². The molecule has 0 N–H and O–H groups in total. The first kappa shape index (κ1) is 16.8. The molecule has 8 heteroatoms. The van der Waals surface area contributed by atoms with E-state index in [0.29, 0.717) is 5.92 Å². The Kier molecular flexibility index (Phi) is 4.17. The van der Waals surface area contributed by atoms with Crippen LogP contribution in [0.4, 0.5) is 5.82 Å². The van der Waals surface area contributed by atoms with E-state index in [2.05, 4.69) is 38.0 Å². The van der Waals surface area contributed by atoms with Crippen molar-refractivity contribution in [3.05, 3.63) is 40.9 Å². The summed E-state index contributed by atoms with van der Waals surface area (Å²) in [5.41, 5.74) is 1.25. The lowest BCUT2D eigenvalue weighted by Crippen LogP contribution is -2.36. The minimum Gasteiger partial charge on any atom is -0.355 e. The highest BCUT2D eigenvalue weighted by Crippen LogP contribution is 2.41. The Morgan fingerprint density at radius 3 is 2.93 bits per heavy atom. The van der Waals surface area contributed by atoms with Gasteiger partial charge < -0.3 is 9.47 Å². The number of nitrogens with zero attached hydrogens (tertiary/aromatic N) is 6. The smallest absolute Gasteiger partial charge is 0.141 e. The van der Waals surface area contributed by atoms with Crippen molar-refractivity contribution in [2.75, 3.05) is 18.0 Å². The van der Waals surface area contributed by atoms with E-state index in [1.54, 1.807) is 29.0 Å². The number of aromatic nitrogens is 5. The maximum absolute atomic E-state index is 4.89. The van der Waals surface area contributed by atoms with E-state index in [1.807, 2.05) is 18.5 Å². The van der Waals surface area contributed by atoms with Crippen molar-refractivity contribution in [3.63, 3.8) is 0 Å². The van der Waals surface area contributed by atoms with Crippen LogP contribution in [0.5, 0.6) is 0 Å². The van der Waals surface area contributed by atoms with Crippen molar-refractivity contribution in [1.82, 2.24) is 24.7 Å². The molecule has 4 aromatic rings. The molecule has 138 valence electrons. The van der Waals surface area contributed by atoms with Crippen LogP contribution in [0.2, 0.25) is 0 Å². The van der Waals surface area contributed by atoms with E-state index >= 15 is 0 Å². The van der Waals surface area contributed by atoms with E-state index in [1.165, 1.54) is 15.8 Å². The molecule has 0 amide bonds. The summed E-state index contributed by atoms with van der Waals surface area (Å²) in [7, 11) is 2.02. The second kappa shape index (κ2) is 6.69. The summed E-state index contributed by atoms with van der Waals surface area (Å²) in [6.45, 7) is 3.91. The molecule has 0 aromatic carbocycles. The molecule has 0 saturated carbocycles. The average Bonchev–Trinajstić information content (AvgIpc) is 3.41. The molecule has 27 heavy (non-hydrogen) atoms. The zero-order valence-electron chi connectivity index (χ0n) is 15.3. The Bertz CT molecular complexity index is 1080. The lowest BCUT2D eigenvalue weighted by atomic mass is 9.97. The van der Waals surface area contributed by atoms with Gasteiger partial charge in [0.1, 0.15) is 28.6 Å². The molecule has 1 fully saturated rings.